The van der Waals surface area contributed by atoms with Crippen LogP contribution in [0.15, 0.2) is 42.5 Å². The molecule has 1 unspecified atom stereocenters. The van der Waals surface area contributed by atoms with Crippen molar-refractivity contribution in [1.82, 2.24) is 10.2 Å². The lowest BCUT2D eigenvalue weighted by Gasteiger charge is -2.19. The van der Waals surface area contributed by atoms with E-state index in [1.165, 1.54) is 48.7 Å². The van der Waals surface area contributed by atoms with E-state index >= 15 is 0 Å². The van der Waals surface area contributed by atoms with E-state index in [2.05, 4.69) is 59.7 Å². The minimum atomic E-state index is 0.744. The second kappa shape index (κ2) is 6.38. The van der Waals surface area contributed by atoms with Crippen LogP contribution in [0.1, 0.15) is 24.8 Å². The molecule has 2 aromatic rings. The summed E-state index contributed by atoms with van der Waals surface area (Å²) in [5.41, 5.74) is 1.41. The molecule has 0 aliphatic carbocycles. The fraction of sp³-hybridized carbons (Fsp3) is 0.444. The quantitative estimate of drug-likeness (QED) is 0.894. The molecule has 0 spiro atoms. The van der Waals surface area contributed by atoms with Gasteiger partial charge >= 0.3 is 0 Å². The largest absolute Gasteiger partial charge is 0.314 e. The number of fused-ring (bicyclic) bond motifs is 1. The minimum Gasteiger partial charge on any atom is -0.314 e. The number of rotatable bonds is 5. The van der Waals surface area contributed by atoms with Gasteiger partial charge in [-0.1, -0.05) is 36.4 Å². The van der Waals surface area contributed by atoms with E-state index in [9.17, 15) is 0 Å². The van der Waals surface area contributed by atoms with E-state index in [4.69, 9.17) is 0 Å². The van der Waals surface area contributed by atoms with Gasteiger partial charge in [-0.25, -0.2) is 0 Å². The van der Waals surface area contributed by atoms with E-state index < -0.39 is 0 Å². The first-order valence-corrected chi connectivity index (χ1v) is 7.71. The maximum absolute atomic E-state index is 3.57. The van der Waals surface area contributed by atoms with E-state index in [-0.39, 0.29) is 0 Å². The third kappa shape index (κ3) is 3.38. The fourth-order valence-corrected chi connectivity index (χ4v) is 3.11. The standard InChI is InChI=1S/C18H24N2/c1-20(12-10-18-7-4-11-19-18)14-15-8-9-16-5-2-3-6-17(16)13-15/h2-3,5-6,8-9,13,18-19H,4,7,10-12,14H2,1H3. The zero-order valence-electron chi connectivity index (χ0n) is 12.3. The summed E-state index contributed by atoms with van der Waals surface area (Å²) in [6.45, 7) is 3.42. The molecule has 1 N–H and O–H groups in total. The summed E-state index contributed by atoms with van der Waals surface area (Å²) in [7, 11) is 2.23. The van der Waals surface area contributed by atoms with Gasteiger partial charge in [-0.15, -0.1) is 0 Å². The Hall–Kier alpha value is -1.38. The normalized spacial score (nSPS) is 19.0. The van der Waals surface area contributed by atoms with Crippen molar-refractivity contribution in [2.24, 2.45) is 0 Å². The van der Waals surface area contributed by atoms with Gasteiger partial charge in [0, 0.05) is 12.6 Å². The molecule has 1 saturated heterocycles. The number of hydrogen-bond acceptors (Lipinski definition) is 2. The molecule has 1 fully saturated rings. The predicted octanol–water partition coefficient (Wildman–Crippen LogP) is 3.41. The van der Waals surface area contributed by atoms with Crippen molar-refractivity contribution in [3.05, 3.63) is 48.0 Å². The van der Waals surface area contributed by atoms with Gasteiger partial charge in [0.2, 0.25) is 0 Å². The summed E-state index contributed by atoms with van der Waals surface area (Å²) in [5, 5.41) is 6.24. The summed E-state index contributed by atoms with van der Waals surface area (Å²) in [6.07, 6.45) is 3.97. The molecular formula is C18H24N2. The van der Waals surface area contributed by atoms with Gasteiger partial charge < -0.3 is 10.2 Å². The lowest BCUT2D eigenvalue weighted by molar-refractivity contribution is 0.306. The van der Waals surface area contributed by atoms with Crippen LogP contribution in [0.2, 0.25) is 0 Å². The molecule has 20 heavy (non-hydrogen) atoms. The Morgan fingerprint density at radius 2 is 2.00 bits per heavy atom. The number of hydrogen-bond donors (Lipinski definition) is 1. The maximum atomic E-state index is 3.57. The zero-order valence-corrected chi connectivity index (χ0v) is 12.3. The second-order valence-electron chi connectivity index (χ2n) is 6.00. The van der Waals surface area contributed by atoms with Gasteiger partial charge in [0.15, 0.2) is 0 Å². The van der Waals surface area contributed by atoms with E-state index in [1.807, 2.05) is 0 Å². The third-order valence-electron chi connectivity index (χ3n) is 4.29. The third-order valence-corrected chi connectivity index (χ3v) is 4.29. The predicted molar refractivity (Wildman–Crippen MR) is 85.9 cm³/mol. The molecule has 0 bridgehead atoms. The van der Waals surface area contributed by atoms with Gasteiger partial charge in [0.05, 0.1) is 0 Å². The molecule has 0 saturated carbocycles. The number of benzene rings is 2. The molecule has 0 aromatic heterocycles. The molecule has 3 rings (SSSR count). The summed E-state index contributed by atoms with van der Waals surface area (Å²) in [5.74, 6) is 0. The van der Waals surface area contributed by atoms with Crippen LogP contribution in [0.25, 0.3) is 10.8 Å². The highest BCUT2D eigenvalue weighted by molar-refractivity contribution is 5.82. The van der Waals surface area contributed by atoms with Crippen LogP contribution in [0, 0.1) is 0 Å². The Kier molecular flexibility index (Phi) is 4.34. The molecule has 0 amide bonds. The van der Waals surface area contributed by atoms with E-state index in [0.29, 0.717) is 0 Å². The van der Waals surface area contributed by atoms with Crippen LogP contribution in [-0.4, -0.2) is 31.1 Å². The molecule has 106 valence electrons. The van der Waals surface area contributed by atoms with Gasteiger partial charge in [-0.05, 0) is 61.8 Å². The lowest BCUT2D eigenvalue weighted by Crippen LogP contribution is -2.28. The molecule has 0 radical (unpaired) electrons. The SMILES string of the molecule is CN(CCC1CCCN1)Cc1ccc2ccccc2c1. The Balaban J connectivity index is 1.57. The molecule has 2 heteroatoms. The Labute approximate surface area is 121 Å². The second-order valence-corrected chi connectivity index (χ2v) is 6.00. The minimum absolute atomic E-state index is 0.744. The van der Waals surface area contributed by atoms with Crippen molar-refractivity contribution in [3.63, 3.8) is 0 Å². The van der Waals surface area contributed by atoms with E-state index in [1.54, 1.807) is 0 Å². The van der Waals surface area contributed by atoms with Crippen molar-refractivity contribution in [2.75, 3.05) is 20.1 Å². The molecule has 2 nitrogen and oxygen atoms in total. The van der Waals surface area contributed by atoms with Gasteiger partial charge in [0.1, 0.15) is 0 Å². The Bertz CT molecular complexity index is 558. The van der Waals surface area contributed by atoms with Gasteiger partial charge in [-0.2, -0.15) is 0 Å². The first kappa shape index (κ1) is 13.6. The number of nitrogens with one attached hydrogen (secondary N) is 1. The molecule has 1 aliphatic rings. The average molecular weight is 268 g/mol. The van der Waals surface area contributed by atoms with Crippen LogP contribution >= 0.6 is 0 Å². The fourth-order valence-electron chi connectivity index (χ4n) is 3.11. The van der Waals surface area contributed by atoms with Crippen molar-refractivity contribution in [3.8, 4) is 0 Å². The molecule has 2 aromatic carbocycles. The van der Waals surface area contributed by atoms with Crippen molar-refractivity contribution in [1.29, 1.82) is 0 Å². The van der Waals surface area contributed by atoms with Crippen molar-refractivity contribution in [2.45, 2.75) is 31.8 Å². The summed E-state index contributed by atoms with van der Waals surface area (Å²) in [6, 6.07) is 16.1. The van der Waals surface area contributed by atoms with E-state index in [0.717, 1.165) is 12.6 Å². The molecule has 1 aliphatic heterocycles. The Morgan fingerprint density at radius 3 is 2.80 bits per heavy atom. The van der Waals surface area contributed by atoms with Gasteiger partial charge in [0.25, 0.3) is 0 Å². The van der Waals surface area contributed by atoms with Gasteiger partial charge in [-0.3, -0.25) is 0 Å². The highest BCUT2D eigenvalue weighted by Crippen LogP contribution is 2.17. The van der Waals surface area contributed by atoms with Crippen LogP contribution in [0.3, 0.4) is 0 Å². The summed E-state index contributed by atoms with van der Waals surface area (Å²) < 4.78 is 0. The van der Waals surface area contributed by atoms with Crippen LogP contribution in [0.4, 0.5) is 0 Å². The molecule has 1 heterocycles. The lowest BCUT2D eigenvalue weighted by atomic mass is 10.1. The van der Waals surface area contributed by atoms with Crippen LogP contribution in [-0.2, 0) is 6.54 Å². The monoisotopic (exact) mass is 268 g/mol. The van der Waals surface area contributed by atoms with Crippen LogP contribution < -0.4 is 5.32 Å². The molecule has 1 atom stereocenters. The first-order chi connectivity index (χ1) is 9.81. The Morgan fingerprint density at radius 1 is 1.15 bits per heavy atom. The number of nitrogens with zero attached hydrogens (tertiary/aromatic N) is 1. The average Bonchev–Trinajstić information content (AvgIpc) is 2.98. The summed E-state index contributed by atoms with van der Waals surface area (Å²) >= 11 is 0. The maximum Gasteiger partial charge on any atom is 0.0230 e. The highest BCUT2D eigenvalue weighted by Gasteiger charge is 2.14. The van der Waals surface area contributed by atoms with Crippen molar-refractivity contribution < 1.29 is 0 Å². The topological polar surface area (TPSA) is 15.3 Å². The van der Waals surface area contributed by atoms with Crippen LogP contribution in [0.5, 0.6) is 0 Å². The molecular weight excluding hydrogens is 244 g/mol. The smallest absolute Gasteiger partial charge is 0.0230 e. The summed E-state index contributed by atoms with van der Waals surface area (Å²) in [4.78, 5) is 2.43. The zero-order chi connectivity index (χ0) is 13.8. The first-order valence-electron chi connectivity index (χ1n) is 7.71. The van der Waals surface area contributed by atoms with Crippen molar-refractivity contribution >= 4 is 10.8 Å². The highest BCUT2D eigenvalue weighted by atomic mass is 15.1.